The van der Waals surface area contributed by atoms with Crippen molar-refractivity contribution in [2.45, 2.75) is 91.4 Å². The second kappa shape index (κ2) is 11.1. The van der Waals surface area contributed by atoms with Gasteiger partial charge in [0, 0.05) is 0 Å². The van der Waals surface area contributed by atoms with Gasteiger partial charge < -0.3 is 4.84 Å². The van der Waals surface area contributed by atoms with E-state index < -0.39 is 23.2 Å². The van der Waals surface area contributed by atoms with Gasteiger partial charge in [0.05, 0.1) is 16.5 Å². The largest absolute Gasteiger partial charge is 0.338 e. The molecule has 1 heterocycles. The molecule has 0 aliphatic carbocycles. The fraction of sp³-hybridized carbons (Fsp3) is 0.625. The number of benzene rings is 1. The Morgan fingerprint density at radius 3 is 1.76 bits per heavy atom. The van der Waals surface area contributed by atoms with Crippen molar-refractivity contribution in [2.24, 2.45) is 5.41 Å². The van der Waals surface area contributed by atoms with Crippen LogP contribution in [0, 0.1) is 5.41 Å². The lowest BCUT2D eigenvalue weighted by Crippen LogP contribution is -2.38. The number of carbonyl (C=O) groups excluding carboxylic acids is 3. The molecule has 0 saturated heterocycles. The fourth-order valence-corrected chi connectivity index (χ4v) is 3.61. The van der Waals surface area contributed by atoms with E-state index in [9.17, 15) is 14.4 Å². The minimum atomic E-state index is -0.741. The molecule has 1 aliphatic heterocycles. The van der Waals surface area contributed by atoms with Gasteiger partial charge in [-0.3, -0.25) is 9.59 Å². The van der Waals surface area contributed by atoms with Crippen LogP contribution in [-0.4, -0.2) is 22.8 Å². The van der Waals surface area contributed by atoms with Crippen molar-refractivity contribution in [1.29, 1.82) is 0 Å². The van der Waals surface area contributed by atoms with Crippen molar-refractivity contribution >= 4 is 17.8 Å². The number of rotatable bonds is 13. The Balaban J connectivity index is 1.68. The average Bonchev–Trinajstić information content (AvgIpc) is 2.94. The summed E-state index contributed by atoms with van der Waals surface area (Å²) in [6.45, 7) is 5.85. The highest BCUT2D eigenvalue weighted by molar-refractivity contribution is 6.20. The van der Waals surface area contributed by atoms with Gasteiger partial charge in [-0.2, -0.15) is 0 Å². The summed E-state index contributed by atoms with van der Waals surface area (Å²) in [6.07, 6.45) is 13.0. The van der Waals surface area contributed by atoms with Gasteiger partial charge in [0.1, 0.15) is 0 Å². The Morgan fingerprint density at radius 1 is 0.828 bits per heavy atom. The van der Waals surface area contributed by atoms with E-state index in [0.717, 1.165) is 12.8 Å². The van der Waals surface area contributed by atoms with Crippen molar-refractivity contribution in [1.82, 2.24) is 5.06 Å². The Morgan fingerprint density at radius 2 is 1.28 bits per heavy atom. The van der Waals surface area contributed by atoms with Crippen LogP contribution in [-0.2, 0) is 9.63 Å². The van der Waals surface area contributed by atoms with Crippen LogP contribution in [0.15, 0.2) is 24.3 Å². The first-order valence-electron chi connectivity index (χ1n) is 11.1. The maximum Gasteiger partial charge on any atom is 0.338 e. The Kier molecular flexibility index (Phi) is 8.87. The van der Waals surface area contributed by atoms with Crippen molar-refractivity contribution in [3.05, 3.63) is 35.4 Å². The zero-order valence-electron chi connectivity index (χ0n) is 18.2. The lowest BCUT2D eigenvalue weighted by atomic mass is 9.87. The average molecular weight is 402 g/mol. The number of nitrogens with zero attached hydrogens (tertiary/aromatic N) is 1. The second-order valence-corrected chi connectivity index (χ2v) is 8.64. The Bertz CT molecular complexity index is 676. The van der Waals surface area contributed by atoms with Crippen LogP contribution in [0.2, 0.25) is 0 Å². The number of fused-ring (bicyclic) bond motifs is 1. The molecule has 29 heavy (non-hydrogen) atoms. The molecule has 0 radical (unpaired) electrons. The maximum atomic E-state index is 12.6. The third kappa shape index (κ3) is 6.41. The SMILES string of the molecule is CCCCCCCCCCCCC(C)(C)C(=O)ON1C(=O)c2ccccc2C1=O. The quantitative estimate of drug-likeness (QED) is 0.297. The van der Waals surface area contributed by atoms with Crippen molar-refractivity contribution < 1.29 is 19.2 Å². The first kappa shape index (κ1) is 23.1. The first-order chi connectivity index (χ1) is 13.9. The van der Waals surface area contributed by atoms with Crippen LogP contribution >= 0.6 is 0 Å². The zero-order valence-corrected chi connectivity index (χ0v) is 18.2. The third-order valence-electron chi connectivity index (χ3n) is 5.64. The summed E-state index contributed by atoms with van der Waals surface area (Å²) in [4.78, 5) is 42.5. The maximum absolute atomic E-state index is 12.6. The first-order valence-corrected chi connectivity index (χ1v) is 11.1. The lowest BCUT2D eigenvalue weighted by Gasteiger charge is -2.24. The smallest absolute Gasteiger partial charge is 0.329 e. The summed E-state index contributed by atoms with van der Waals surface area (Å²) in [5, 5.41) is 0.604. The van der Waals surface area contributed by atoms with Gasteiger partial charge in [-0.15, -0.1) is 0 Å². The summed E-state index contributed by atoms with van der Waals surface area (Å²) in [5.74, 6) is -1.69. The highest BCUT2D eigenvalue weighted by Crippen LogP contribution is 2.29. The minimum Gasteiger partial charge on any atom is -0.329 e. The zero-order chi connectivity index (χ0) is 21.3. The molecule has 160 valence electrons. The molecular formula is C24H35NO4. The topological polar surface area (TPSA) is 63.7 Å². The van der Waals surface area contributed by atoms with E-state index in [-0.39, 0.29) is 11.1 Å². The Labute approximate surface area is 174 Å². The highest BCUT2D eigenvalue weighted by Gasteiger charge is 2.41. The summed E-state index contributed by atoms with van der Waals surface area (Å²) in [5.41, 5.74) is -0.189. The van der Waals surface area contributed by atoms with E-state index in [4.69, 9.17) is 4.84 Å². The van der Waals surface area contributed by atoms with Gasteiger partial charge in [0.2, 0.25) is 0 Å². The predicted octanol–water partition coefficient (Wildman–Crippen LogP) is 6.08. The van der Waals surface area contributed by atoms with Gasteiger partial charge in [-0.25, -0.2) is 4.79 Å². The molecule has 0 unspecified atom stereocenters. The minimum absolute atomic E-state index is 0.276. The normalized spacial score (nSPS) is 13.7. The molecule has 5 heteroatoms. The molecule has 1 aliphatic rings. The number of hydrogen-bond donors (Lipinski definition) is 0. The third-order valence-corrected chi connectivity index (χ3v) is 5.64. The van der Waals surface area contributed by atoms with Crippen molar-refractivity contribution in [2.75, 3.05) is 0 Å². The molecule has 0 saturated carbocycles. The molecule has 0 N–H and O–H groups in total. The molecule has 1 aromatic carbocycles. The van der Waals surface area contributed by atoms with Gasteiger partial charge in [-0.1, -0.05) is 88.3 Å². The number of unbranched alkanes of at least 4 members (excludes halogenated alkanes) is 9. The van der Waals surface area contributed by atoms with Crippen molar-refractivity contribution in [3.8, 4) is 0 Å². The predicted molar refractivity (Wildman–Crippen MR) is 113 cm³/mol. The number of hydrogen-bond acceptors (Lipinski definition) is 4. The van der Waals surface area contributed by atoms with Crippen LogP contribution in [0.3, 0.4) is 0 Å². The van der Waals surface area contributed by atoms with E-state index in [1.165, 1.54) is 51.4 Å². The molecule has 0 bridgehead atoms. The van der Waals surface area contributed by atoms with Crippen LogP contribution in [0.1, 0.15) is 112 Å². The lowest BCUT2D eigenvalue weighted by molar-refractivity contribution is -0.179. The Hall–Kier alpha value is -2.17. The highest BCUT2D eigenvalue weighted by atomic mass is 16.7. The second-order valence-electron chi connectivity index (χ2n) is 8.64. The molecule has 0 aromatic heterocycles. The summed E-state index contributed by atoms with van der Waals surface area (Å²) in [7, 11) is 0. The number of amides is 2. The van der Waals surface area contributed by atoms with E-state index >= 15 is 0 Å². The number of hydroxylamine groups is 2. The molecule has 2 rings (SSSR count). The summed E-state index contributed by atoms with van der Waals surface area (Å²) >= 11 is 0. The van der Waals surface area contributed by atoms with E-state index in [2.05, 4.69) is 6.92 Å². The van der Waals surface area contributed by atoms with Gasteiger partial charge in [0.15, 0.2) is 0 Å². The monoisotopic (exact) mass is 401 g/mol. The van der Waals surface area contributed by atoms with Crippen LogP contribution < -0.4 is 0 Å². The van der Waals surface area contributed by atoms with Crippen LogP contribution in [0.4, 0.5) is 0 Å². The van der Waals surface area contributed by atoms with E-state index in [1.54, 1.807) is 38.1 Å². The van der Waals surface area contributed by atoms with E-state index in [1.807, 2.05) is 0 Å². The molecular weight excluding hydrogens is 366 g/mol. The summed E-state index contributed by atoms with van der Waals surface area (Å²) < 4.78 is 0. The molecule has 5 nitrogen and oxygen atoms in total. The van der Waals surface area contributed by atoms with Crippen LogP contribution in [0.5, 0.6) is 0 Å². The van der Waals surface area contributed by atoms with E-state index in [0.29, 0.717) is 11.5 Å². The molecule has 0 fully saturated rings. The summed E-state index contributed by atoms with van der Waals surface area (Å²) in [6, 6.07) is 6.51. The number of carbonyl (C=O) groups is 3. The van der Waals surface area contributed by atoms with Crippen LogP contribution in [0.25, 0.3) is 0 Å². The standard InChI is InChI=1S/C24H35NO4/c1-4-5-6-7-8-9-10-11-12-15-18-24(2,3)23(28)29-25-21(26)19-16-13-14-17-20(19)22(25)27/h13-14,16-17H,4-12,15,18H2,1-3H3. The fourth-order valence-electron chi connectivity index (χ4n) is 3.61. The molecule has 1 aromatic rings. The van der Waals surface area contributed by atoms with Gasteiger partial charge in [-0.05, 0) is 32.4 Å². The number of imide groups is 1. The van der Waals surface area contributed by atoms with Gasteiger partial charge in [0.25, 0.3) is 11.8 Å². The molecule has 0 atom stereocenters. The van der Waals surface area contributed by atoms with Gasteiger partial charge >= 0.3 is 5.97 Å². The van der Waals surface area contributed by atoms with Crippen molar-refractivity contribution in [3.63, 3.8) is 0 Å². The molecule has 0 spiro atoms. The molecule has 2 amide bonds.